The molecule has 0 bridgehead atoms. The largest absolute Gasteiger partial charge is 0.356 e. The molecule has 86 valence electrons. The molecule has 3 nitrogen and oxygen atoms in total. The molecule has 0 radical (unpaired) electrons. The van der Waals surface area contributed by atoms with Gasteiger partial charge in [-0.25, -0.2) is 0 Å². The van der Waals surface area contributed by atoms with Crippen LogP contribution in [0, 0.1) is 11.8 Å². The van der Waals surface area contributed by atoms with E-state index in [1.807, 2.05) is 0 Å². The highest BCUT2D eigenvalue weighted by Crippen LogP contribution is 2.24. The van der Waals surface area contributed by atoms with Crippen LogP contribution in [0.2, 0.25) is 0 Å². The van der Waals surface area contributed by atoms with Crippen LogP contribution in [0.4, 0.5) is 0 Å². The summed E-state index contributed by atoms with van der Waals surface area (Å²) >= 11 is 0. The van der Waals surface area contributed by atoms with Gasteiger partial charge in [0.2, 0.25) is 5.91 Å². The summed E-state index contributed by atoms with van der Waals surface area (Å²) in [5.74, 6) is 1.33. The standard InChI is InChI=1S/C12H22N2O/c15-12(11-5-7-13-8-6-11)14-9-10-3-1-2-4-10/h10-11,13H,1-9H2,(H,14,15). The number of hydrogen-bond acceptors (Lipinski definition) is 2. The van der Waals surface area contributed by atoms with Gasteiger partial charge in [0.25, 0.3) is 0 Å². The minimum Gasteiger partial charge on any atom is -0.356 e. The lowest BCUT2D eigenvalue weighted by molar-refractivity contribution is -0.125. The molecular formula is C12H22N2O. The van der Waals surface area contributed by atoms with Crippen molar-refractivity contribution in [2.45, 2.75) is 38.5 Å². The SMILES string of the molecule is O=C(NCC1CCCC1)C1CCNCC1. The number of hydrogen-bond donors (Lipinski definition) is 2. The van der Waals surface area contributed by atoms with Gasteiger partial charge in [0, 0.05) is 12.5 Å². The summed E-state index contributed by atoms with van der Waals surface area (Å²) in [5.41, 5.74) is 0. The normalized spacial score (nSPS) is 24.3. The first-order valence-corrected chi connectivity index (χ1v) is 6.34. The molecule has 0 aromatic heterocycles. The summed E-state index contributed by atoms with van der Waals surface area (Å²) in [7, 11) is 0. The minimum absolute atomic E-state index is 0.271. The maximum atomic E-state index is 11.8. The van der Waals surface area contributed by atoms with E-state index in [9.17, 15) is 4.79 Å². The van der Waals surface area contributed by atoms with Crippen LogP contribution in [0.3, 0.4) is 0 Å². The summed E-state index contributed by atoms with van der Waals surface area (Å²) in [4.78, 5) is 11.8. The van der Waals surface area contributed by atoms with Crippen molar-refractivity contribution >= 4 is 5.91 Å². The number of piperidine rings is 1. The molecule has 0 spiro atoms. The lowest BCUT2D eigenvalue weighted by Gasteiger charge is -2.22. The predicted molar refractivity (Wildman–Crippen MR) is 60.6 cm³/mol. The molecule has 0 aromatic rings. The van der Waals surface area contributed by atoms with Crippen molar-refractivity contribution in [3.05, 3.63) is 0 Å². The van der Waals surface area contributed by atoms with Gasteiger partial charge in [-0.15, -0.1) is 0 Å². The van der Waals surface area contributed by atoms with Crippen molar-refractivity contribution in [2.75, 3.05) is 19.6 Å². The summed E-state index contributed by atoms with van der Waals surface area (Å²) in [6.07, 6.45) is 7.35. The van der Waals surface area contributed by atoms with Crippen molar-refractivity contribution in [2.24, 2.45) is 11.8 Å². The number of nitrogens with one attached hydrogen (secondary N) is 2. The number of carbonyl (C=O) groups is 1. The second kappa shape index (κ2) is 5.50. The average molecular weight is 210 g/mol. The van der Waals surface area contributed by atoms with E-state index in [1.54, 1.807) is 0 Å². The predicted octanol–water partition coefficient (Wildman–Crippen LogP) is 1.29. The van der Waals surface area contributed by atoms with Crippen LogP contribution in [-0.4, -0.2) is 25.5 Å². The Labute approximate surface area is 92.0 Å². The van der Waals surface area contributed by atoms with Crippen LogP contribution in [0.1, 0.15) is 38.5 Å². The van der Waals surface area contributed by atoms with E-state index < -0.39 is 0 Å². The first kappa shape index (κ1) is 10.9. The lowest BCUT2D eigenvalue weighted by Crippen LogP contribution is -2.39. The van der Waals surface area contributed by atoms with E-state index in [0.717, 1.165) is 38.4 Å². The first-order chi connectivity index (χ1) is 7.36. The molecule has 1 aliphatic carbocycles. The molecule has 1 saturated heterocycles. The zero-order valence-corrected chi connectivity index (χ0v) is 9.43. The third-order valence-corrected chi connectivity index (χ3v) is 3.75. The van der Waals surface area contributed by atoms with Crippen LogP contribution in [0.5, 0.6) is 0 Å². The van der Waals surface area contributed by atoms with Gasteiger partial charge in [0.1, 0.15) is 0 Å². The van der Waals surface area contributed by atoms with Gasteiger partial charge < -0.3 is 10.6 Å². The molecule has 0 atom stereocenters. The molecule has 1 aliphatic heterocycles. The lowest BCUT2D eigenvalue weighted by atomic mass is 9.97. The van der Waals surface area contributed by atoms with E-state index in [2.05, 4.69) is 10.6 Å². The molecule has 15 heavy (non-hydrogen) atoms. The number of carbonyl (C=O) groups excluding carboxylic acids is 1. The number of rotatable bonds is 3. The highest BCUT2D eigenvalue weighted by atomic mass is 16.1. The van der Waals surface area contributed by atoms with Crippen molar-refractivity contribution in [3.63, 3.8) is 0 Å². The van der Waals surface area contributed by atoms with Crippen LogP contribution >= 0.6 is 0 Å². The first-order valence-electron chi connectivity index (χ1n) is 6.34. The second-order valence-electron chi connectivity index (χ2n) is 4.92. The van der Waals surface area contributed by atoms with Gasteiger partial charge in [-0.3, -0.25) is 4.79 Å². The monoisotopic (exact) mass is 210 g/mol. The molecule has 3 heteroatoms. The van der Waals surface area contributed by atoms with Crippen molar-refractivity contribution in [3.8, 4) is 0 Å². The Kier molecular flexibility index (Phi) is 4.01. The van der Waals surface area contributed by atoms with E-state index in [1.165, 1.54) is 25.7 Å². The molecule has 2 fully saturated rings. The third-order valence-electron chi connectivity index (χ3n) is 3.75. The van der Waals surface area contributed by atoms with E-state index in [0.29, 0.717) is 5.91 Å². The van der Waals surface area contributed by atoms with E-state index in [4.69, 9.17) is 0 Å². The zero-order valence-electron chi connectivity index (χ0n) is 9.43. The zero-order chi connectivity index (χ0) is 10.5. The quantitative estimate of drug-likeness (QED) is 0.737. The van der Waals surface area contributed by atoms with E-state index >= 15 is 0 Å². The van der Waals surface area contributed by atoms with Gasteiger partial charge >= 0.3 is 0 Å². The summed E-state index contributed by atoms with van der Waals surface area (Å²) in [6.45, 7) is 2.92. The van der Waals surface area contributed by atoms with Gasteiger partial charge in [-0.1, -0.05) is 12.8 Å². The van der Waals surface area contributed by atoms with Gasteiger partial charge in [0.15, 0.2) is 0 Å². The topological polar surface area (TPSA) is 41.1 Å². The fraction of sp³-hybridized carbons (Fsp3) is 0.917. The molecule has 2 rings (SSSR count). The summed E-state index contributed by atoms with van der Waals surface area (Å²) in [5, 5.41) is 6.41. The van der Waals surface area contributed by atoms with Crippen molar-refractivity contribution < 1.29 is 4.79 Å². The fourth-order valence-electron chi connectivity index (χ4n) is 2.69. The maximum Gasteiger partial charge on any atom is 0.223 e. The molecule has 0 unspecified atom stereocenters. The summed E-state index contributed by atoms with van der Waals surface area (Å²) < 4.78 is 0. The van der Waals surface area contributed by atoms with Gasteiger partial charge in [-0.2, -0.15) is 0 Å². The Balaban J connectivity index is 1.66. The van der Waals surface area contributed by atoms with Crippen molar-refractivity contribution in [1.29, 1.82) is 0 Å². The maximum absolute atomic E-state index is 11.8. The Morgan fingerprint density at radius 2 is 1.80 bits per heavy atom. The number of amides is 1. The minimum atomic E-state index is 0.271. The van der Waals surface area contributed by atoms with Crippen LogP contribution in [0.25, 0.3) is 0 Å². The average Bonchev–Trinajstić information content (AvgIpc) is 2.80. The van der Waals surface area contributed by atoms with Gasteiger partial charge in [-0.05, 0) is 44.7 Å². The highest BCUT2D eigenvalue weighted by molar-refractivity contribution is 5.78. The van der Waals surface area contributed by atoms with Crippen LogP contribution < -0.4 is 10.6 Å². The smallest absolute Gasteiger partial charge is 0.223 e. The molecule has 1 saturated carbocycles. The van der Waals surface area contributed by atoms with Crippen LogP contribution in [0.15, 0.2) is 0 Å². The Morgan fingerprint density at radius 3 is 2.47 bits per heavy atom. The molecule has 1 heterocycles. The molecule has 1 amide bonds. The Hall–Kier alpha value is -0.570. The summed E-state index contributed by atoms with van der Waals surface area (Å²) in [6, 6.07) is 0. The highest BCUT2D eigenvalue weighted by Gasteiger charge is 2.22. The molecular weight excluding hydrogens is 188 g/mol. The van der Waals surface area contributed by atoms with Crippen molar-refractivity contribution in [1.82, 2.24) is 10.6 Å². The Bertz CT molecular complexity index is 206. The fourth-order valence-corrected chi connectivity index (χ4v) is 2.69. The molecule has 2 aliphatic rings. The Morgan fingerprint density at radius 1 is 1.13 bits per heavy atom. The third kappa shape index (κ3) is 3.20. The molecule has 2 N–H and O–H groups in total. The van der Waals surface area contributed by atoms with Crippen LogP contribution in [-0.2, 0) is 4.79 Å². The second-order valence-corrected chi connectivity index (χ2v) is 4.92. The van der Waals surface area contributed by atoms with E-state index in [-0.39, 0.29) is 5.92 Å². The van der Waals surface area contributed by atoms with Gasteiger partial charge in [0.05, 0.1) is 0 Å². The molecule has 0 aromatic carbocycles.